The minimum atomic E-state index is -0.389. The number of ether oxygens (including phenoxy) is 1. The minimum absolute atomic E-state index is 0.0996. The average Bonchev–Trinajstić information content (AvgIpc) is 3.24. The molecule has 1 aromatic heterocycles. The number of benzene rings is 3. The molecule has 0 saturated heterocycles. The van der Waals surface area contributed by atoms with Gasteiger partial charge in [0.1, 0.15) is 11.5 Å². The number of H-pyrrole nitrogens is 1. The van der Waals surface area contributed by atoms with E-state index in [4.69, 9.17) is 4.74 Å². The van der Waals surface area contributed by atoms with Crippen LogP contribution < -0.4 is 20.3 Å². The van der Waals surface area contributed by atoms with E-state index in [1.807, 2.05) is 36.5 Å². The number of urea groups is 1. The Hall–Kier alpha value is -4.46. The number of nitrogens with one attached hydrogen (secondary N) is 3. The van der Waals surface area contributed by atoms with Gasteiger partial charge in [0, 0.05) is 29.2 Å². The highest BCUT2D eigenvalue weighted by molar-refractivity contribution is 6.02. The summed E-state index contributed by atoms with van der Waals surface area (Å²) in [6, 6.07) is 19.1. The van der Waals surface area contributed by atoms with Crippen LogP contribution in [-0.2, 0) is 11.3 Å². The van der Waals surface area contributed by atoms with E-state index in [0.717, 1.165) is 16.5 Å². The number of phenols is 1. The van der Waals surface area contributed by atoms with Gasteiger partial charge in [0.2, 0.25) is 0 Å². The molecule has 0 spiro atoms. The summed E-state index contributed by atoms with van der Waals surface area (Å²) in [7, 11) is 0. The number of phenolic OH excluding ortho intramolecular Hbond substituents is 1. The van der Waals surface area contributed by atoms with E-state index >= 15 is 0 Å². The van der Waals surface area contributed by atoms with Gasteiger partial charge in [-0.1, -0.05) is 18.2 Å². The van der Waals surface area contributed by atoms with Gasteiger partial charge in [-0.3, -0.25) is 4.79 Å². The van der Waals surface area contributed by atoms with Crippen LogP contribution in [0.3, 0.4) is 0 Å². The second-order valence-electron chi connectivity index (χ2n) is 7.48. The number of rotatable bonds is 4. The molecule has 1 aliphatic heterocycles. The SMILES string of the molecule is O=C(Nc1ccc2c(c1)OCC(=O)N2Cc1cccc(O)c1)Nc1ccc2cc[nH]c2c1. The van der Waals surface area contributed by atoms with Gasteiger partial charge in [-0.25, -0.2) is 4.79 Å². The predicted molar refractivity (Wildman–Crippen MR) is 122 cm³/mol. The molecule has 32 heavy (non-hydrogen) atoms. The van der Waals surface area contributed by atoms with Crippen molar-refractivity contribution in [3.05, 3.63) is 78.5 Å². The number of hydrogen-bond acceptors (Lipinski definition) is 4. The van der Waals surface area contributed by atoms with Gasteiger partial charge in [0.25, 0.3) is 5.91 Å². The second kappa shape index (κ2) is 7.99. The van der Waals surface area contributed by atoms with Gasteiger partial charge in [-0.2, -0.15) is 0 Å². The summed E-state index contributed by atoms with van der Waals surface area (Å²) in [5.74, 6) is 0.457. The molecule has 8 nitrogen and oxygen atoms in total. The first-order valence-electron chi connectivity index (χ1n) is 10.1. The second-order valence-corrected chi connectivity index (χ2v) is 7.48. The van der Waals surface area contributed by atoms with E-state index in [1.54, 1.807) is 41.3 Å². The maximum atomic E-state index is 12.5. The minimum Gasteiger partial charge on any atom is -0.508 e. The topological polar surface area (TPSA) is 107 Å². The Morgan fingerprint density at radius 3 is 2.69 bits per heavy atom. The lowest BCUT2D eigenvalue weighted by Gasteiger charge is -2.30. The Labute approximate surface area is 183 Å². The number of anilines is 3. The molecule has 0 radical (unpaired) electrons. The Morgan fingerprint density at radius 2 is 1.84 bits per heavy atom. The molecule has 1 aliphatic rings. The van der Waals surface area contributed by atoms with Crippen molar-refractivity contribution in [2.24, 2.45) is 0 Å². The zero-order valence-corrected chi connectivity index (χ0v) is 17.0. The molecule has 0 fully saturated rings. The molecule has 0 unspecified atom stereocenters. The van der Waals surface area contributed by atoms with Crippen LogP contribution in [0, 0.1) is 0 Å². The standard InChI is InChI=1S/C24H20N4O4/c29-19-3-1-2-15(10-19)13-28-21-7-6-18(12-22(21)32-14-23(28)30)27-24(31)26-17-5-4-16-8-9-25-20(16)11-17/h1-12,25,29H,13-14H2,(H2,26,27,31). The van der Waals surface area contributed by atoms with Gasteiger partial charge >= 0.3 is 6.03 Å². The number of carbonyl (C=O) groups is 2. The Morgan fingerprint density at radius 1 is 1.03 bits per heavy atom. The van der Waals surface area contributed by atoms with Crippen LogP contribution >= 0.6 is 0 Å². The molecule has 0 saturated carbocycles. The highest BCUT2D eigenvalue weighted by Gasteiger charge is 2.26. The molecule has 4 N–H and O–H groups in total. The van der Waals surface area contributed by atoms with Crippen LogP contribution in [-0.4, -0.2) is 28.6 Å². The number of hydrogen-bond donors (Lipinski definition) is 4. The molecular weight excluding hydrogens is 408 g/mol. The van der Waals surface area contributed by atoms with Crippen LogP contribution in [0.5, 0.6) is 11.5 Å². The highest BCUT2D eigenvalue weighted by Crippen LogP contribution is 2.35. The van der Waals surface area contributed by atoms with Crippen LogP contribution in [0.2, 0.25) is 0 Å². The molecule has 0 aliphatic carbocycles. The van der Waals surface area contributed by atoms with E-state index < -0.39 is 0 Å². The van der Waals surface area contributed by atoms with Crippen LogP contribution in [0.25, 0.3) is 10.9 Å². The third kappa shape index (κ3) is 3.93. The average molecular weight is 428 g/mol. The number of amides is 3. The third-order valence-electron chi connectivity index (χ3n) is 5.22. The first-order chi connectivity index (χ1) is 15.5. The van der Waals surface area contributed by atoms with Crippen LogP contribution in [0.4, 0.5) is 21.9 Å². The first kappa shape index (κ1) is 19.5. The van der Waals surface area contributed by atoms with E-state index in [1.165, 1.54) is 0 Å². The molecule has 2 heterocycles. The normalized spacial score (nSPS) is 12.9. The molecular formula is C24H20N4O4. The zero-order valence-electron chi connectivity index (χ0n) is 17.0. The molecule has 3 aromatic carbocycles. The lowest BCUT2D eigenvalue weighted by atomic mass is 10.1. The number of fused-ring (bicyclic) bond motifs is 2. The molecule has 3 amide bonds. The summed E-state index contributed by atoms with van der Waals surface area (Å²) in [5.41, 5.74) is 3.53. The number of nitrogens with zero attached hydrogens (tertiary/aromatic N) is 1. The number of aromatic amines is 1. The Balaban J connectivity index is 1.31. The molecule has 0 atom stereocenters. The fourth-order valence-corrected chi connectivity index (χ4v) is 3.71. The van der Waals surface area contributed by atoms with Crippen molar-refractivity contribution in [3.8, 4) is 11.5 Å². The van der Waals surface area contributed by atoms with Crippen LogP contribution in [0.1, 0.15) is 5.56 Å². The summed E-state index contributed by atoms with van der Waals surface area (Å²) in [6.07, 6.45) is 1.84. The van der Waals surface area contributed by atoms with Crippen molar-refractivity contribution in [2.75, 3.05) is 22.1 Å². The first-order valence-corrected chi connectivity index (χ1v) is 10.1. The van der Waals surface area contributed by atoms with Crippen molar-refractivity contribution in [1.29, 1.82) is 0 Å². The molecule has 0 bridgehead atoms. The monoisotopic (exact) mass is 428 g/mol. The fraction of sp³-hybridized carbons (Fsp3) is 0.0833. The summed E-state index contributed by atoms with van der Waals surface area (Å²) in [4.78, 5) is 29.6. The van der Waals surface area contributed by atoms with Crippen molar-refractivity contribution in [2.45, 2.75) is 6.54 Å². The van der Waals surface area contributed by atoms with E-state index in [9.17, 15) is 14.7 Å². The quantitative estimate of drug-likeness (QED) is 0.385. The fourth-order valence-electron chi connectivity index (χ4n) is 3.71. The van der Waals surface area contributed by atoms with Gasteiger partial charge < -0.3 is 30.4 Å². The number of aromatic hydroxyl groups is 1. The lowest BCUT2D eigenvalue weighted by Crippen LogP contribution is -2.38. The van der Waals surface area contributed by atoms with Gasteiger partial charge in [0.15, 0.2) is 6.61 Å². The van der Waals surface area contributed by atoms with E-state index in [-0.39, 0.29) is 24.3 Å². The van der Waals surface area contributed by atoms with Crippen LogP contribution in [0.15, 0.2) is 72.9 Å². The summed E-state index contributed by atoms with van der Waals surface area (Å²) >= 11 is 0. The molecule has 8 heteroatoms. The van der Waals surface area contributed by atoms with Crippen molar-refractivity contribution < 1.29 is 19.4 Å². The molecule has 4 aromatic rings. The maximum Gasteiger partial charge on any atom is 0.323 e. The largest absolute Gasteiger partial charge is 0.508 e. The third-order valence-corrected chi connectivity index (χ3v) is 5.22. The van der Waals surface area contributed by atoms with Crippen molar-refractivity contribution in [3.63, 3.8) is 0 Å². The molecule has 160 valence electrons. The number of aromatic nitrogens is 1. The number of carbonyl (C=O) groups excluding carboxylic acids is 2. The summed E-state index contributed by atoms with van der Waals surface area (Å²) < 4.78 is 5.59. The lowest BCUT2D eigenvalue weighted by molar-refractivity contribution is -0.121. The maximum absolute atomic E-state index is 12.5. The Bertz CT molecular complexity index is 1330. The van der Waals surface area contributed by atoms with Crippen molar-refractivity contribution in [1.82, 2.24) is 4.98 Å². The molecule has 5 rings (SSSR count). The van der Waals surface area contributed by atoms with E-state index in [0.29, 0.717) is 29.4 Å². The van der Waals surface area contributed by atoms with Gasteiger partial charge in [0.05, 0.1) is 12.2 Å². The van der Waals surface area contributed by atoms with Gasteiger partial charge in [-0.15, -0.1) is 0 Å². The smallest absolute Gasteiger partial charge is 0.323 e. The summed E-state index contributed by atoms with van der Waals surface area (Å²) in [6.45, 7) is 0.204. The van der Waals surface area contributed by atoms with Crippen molar-refractivity contribution >= 4 is 39.9 Å². The summed E-state index contributed by atoms with van der Waals surface area (Å²) in [5, 5.41) is 16.4. The zero-order chi connectivity index (χ0) is 22.1. The Kier molecular flexibility index (Phi) is 4.87. The predicted octanol–water partition coefficient (Wildman–Crippen LogP) is 4.44. The van der Waals surface area contributed by atoms with Gasteiger partial charge in [-0.05, 0) is 53.4 Å². The van der Waals surface area contributed by atoms with E-state index in [2.05, 4.69) is 15.6 Å². The highest BCUT2D eigenvalue weighted by atomic mass is 16.5.